The van der Waals surface area contributed by atoms with E-state index in [0.717, 1.165) is 5.56 Å². The number of anilines is 2. The first-order valence-corrected chi connectivity index (χ1v) is 11.7. The molecule has 0 spiro atoms. The largest absolute Gasteiger partial charge is 0.346 e. The summed E-state index contributed by atoms with van der Waals surface area (Å²) in [5.41, 5.74) is 1.33. The number of aromatic nitrogens is 1. The molecular weight excluding hydrogens is 456 g/mol. The number of thiazole rings is 1. The van der Waals surface area contributed by atoms with Crippen LogP contribution in [0.15, 0.2) is 60.0 Å². The van der Waals surface area contributed by atoms with Crippen LogP contribution < -0.4 is 10.2 Å². The van der Waals surface area contributed by atoms with E-state index in [1.54, 1.807) is 29.6 Å². The van der Waals surface area contributed by atoms with Gasteiger partial charge in [-0.1, -0.05) is 45.0 Å². The smallest absolute Gasteiger partial charge is 0.244 e. The van der Waals surface area contributed by atoms with E-state index in [9.17, 15) is 18.4 Å². The number of nitrogens with one attached hydrogen (secondary N) is 1. The van der Waals surface area contributed by atoms with Crippen LogP contribution in [0.2, 0.25) is 0 Å². The highest BCUT2D eigenvalue weighted by Gasteiger charge is 2.22. The lowest BCUT2D eigenvalue weighted by Gasteiger charge is -2.27. The Morgan fingerprint density at radius 3 is 2.41 bits per heavy atom. The molecule has 1 heterocycles. The van der Waals surface area contributed by atoms with Crippen molar-refractivity contribution in [2.24, 2.45) is 5.41 Å². The Morgan fingerprint density at radius 2 is 1.79 bits per heavy atom. The first-order valence-electron chi connectivity index (χ1n) is 10.8. The van der Waals surface area contributed by atoms with Gasteiger partial charge in [-0.3, -0.25) is 14.5 Å². The summed E-state index contributed by atoms with van der Waals surface area (Å²) in [6.45, 7) is 7.54. The molecule has 2 amide bonds. The lowest BCUT2D eigenvalue weighted by Crippen LogP contribution is -2.30. The molecule has 3 aromatic rings. The molecule has 1 atom stereocenters. The monoisotopic (exact) mass is 483 g/mol. The molecule has 0 radical (unpaired) electrons. The summed E-state index contributed by atoms with van der Waals surface area (Å²) in [5, 5.41) is 4.96. The Morgan fingerprint density at radius 1 is 1.12 bits per heavy atom. The molecule has 1 unspecified atom stereocenters. The molecule has 0 bridgehead atoms. The van der Waals surface area contributed by atoms with Crippen molar-refractivity contribution in [3.63, 3.8) is 0 Å². The topological polar surface area (TPSA) is 62.3 Å². The third-order valence-electron chi connectivity index (χ3n) is 4.92. The molecule has 178 valence electrons. The number of carbonyl (C=O) groups is 2. The molecular formula is C26H27F2N3O2S. The van der Waals surface area contributed by atoms with Crippen molar-refractivity contribution in [1.29, 1.82) is 0 Å². The van der Waals surface area contributed by atoms with Gasteiger partial charge in [0.05, 0.1) is 17.4 Å². The van der Waals surface area contributed by atoms with Gasteiger partial charge < -0.3 is 5.32 Å². The molecule has 0 fully saturated rings. The number of rotatable bonds is 7. The summed E-state index contributed by atoms with van der Waals surface area (Å²) < 4.78 is 27.6. The predicted molar refractivity (Wildman–Crippen MR) is 132 cm³/mol. The maximum absolute atomic E-state index is 14.2. The lowest BCUT2D eigenvalue weighted by molar-refractivity contribution is -0.117. The minimum atomic E-state index is -0.532. The number of hydrogen-bond acceptors (Lipinski definition) is 4. The van der Waals surface area contributed by atoms with E-state index in [-0.39, 0.29) is 34.8 Å². The van der Waals surface area contributed by atoms with Crippen LogP contribution in [0.5, 0.6) is 0 Å². The fourth-order valence-corrected chi connectivity index (χ4v) is 4.28. The molecule has 0 aliphatic rings. The minimum Gasteiger partial charge on any atom is -0.346 e. The van der Waals surface area contributed by atoms with Gasteiger partial charge in [-0.25, -0.2) is 13.8 Å². The number of amides is 2. The highest BCUT2D eigenvalue weighted by molar-refractivity contribution is 7.14. The molecule has 34 heavy (non-hydrogen) atoms. The van der Waals surface area contributed by atoms with Crippen LogP contribution in [0, 0.1) is 17.0 Å². The van der Waals surface area contributed by atoms with Crippen molar-refractivity contribution >= 4 is 40.0 Å². The minimum absolute atomic E-state index is 0.0667. The Kier molecular flexibility index (Phi) is 7.94. The quantitative estimate of drug-likeness (QED) is 0.395. The summed E-state index contributed by atoms with van der Waals surface area (Å²) in [4.78, 5) is 30.4. The molecule has 2 aromatic carbocycles. The molecule has 5 nitrogen and oxygen atoms in total. The van der Waals surface area contributed by atoms with Gasteiger partial charge in [-0.15, -0.1) is 11.3 Å². The molecule has 0 saturated heterocycles. The van der Waals surface area contributed by atoms with Crippen molar-refractivity contribution in [2.45, 2.75) is 40.2 Å². The van der Waals surface area contributed by atoms with Crippen molar-refractivity contribution in [3.8, 4) is 0 Å². The lowest BCUT2D eigenvalue weighted by atomic mass is 9.85. The highest BCUT2D eigenvalue weighted by Crippen LogP contribution is 2.31. The third kappa shape index (κ3) is 6.81. The van der Waals surface area contributed by atoms with Crippen LogP contribution in [0.4, 0.5) is 19.6 Å². The normalized spacial score (nSPS) is 12.5. The van der Waals surface area contributed by atoms with E-state index >= 15 is 0 Å². The maximum Gasteiger partial charge on any atom is 0.244 e. The Hall–Kier alpha value is -3.39. The van der Waals surface area contributed by atoms with Gasteiger partial charge >= 0.3 is 0 Å². The van der Waals surface area contributed by atoms with Gasteiger partial charge in [0, 0.05) is 18.4 Å². The van der Waals surface area contributed by atoms with Gasteiger partial charge in [0.25, 0.3) is 0 Å². The average molecular weight is 484 g/mol. The zero-order chi connectivity index (χ0) is 24.9. The Balaban J connectivity index is 1.76. The van der Waals surface area contributed by atoms with Crippen molar-refractivity contribution < 1.29 is 18.4 Å². The number of carbonyl (C=O) groups excluding carboxylic acids is 2. The van der Waals surface area contributed by atoms with Gasteiger partial charge in [-0.2, -0.15) is 0 Å². The fourth-order valence-electron chi connectivity index (χ4n) is 3.44. The fraction of sp³-hybridized carbons (Fsp3) is 0.269. The van der Waals surface area contributed by atoms with Crippen LogP contribution in [-0.2, 0) is 9.59 Å². The van der Waals surface area contributed by atoms with Crippen LogP contribution in [0.25, 0.3) is 6.08 Å². The number of para-hydroxylation sites is 1. The van der Waals surface area contributed by atoms with Crippen LogP contribution in [-0.4, -0.2) is 16.8 Å². The van der Waals surface area contributed by atoms with E-state index in [0.29, 0.717) is 17.2 Å². The van der Waals surface area contributed by atoms with E-state index in [1.807, 2.05) is 0 Å². The zero-order valence-corrected chi connectivity index (χ0v) is 20.3. The SMILES string of the molecule is CC(=O)N(c1nc(C=CC(=O)NC(CC(C)(C)C)c2ccc(F)cc2)cs1)c1ccccc1F. The van der Waals surface area contributed by atoms with E-state index in [1.165, 1.54) is 59.6 Å². The van der Waals surface area contributed by atoms with Crippen LogP contribution >= 0.6 is 11.3 Å². The first kappa shape index (κ1) is 25.2. The van der Waals surface area contributed by atoms with Gasteiger partial charge in [0.1, 0.15) is 11.6 Å². The average Bonchev–Trinajstić information content (AvgIpc) is 3.21. The highest BCUT2D eigenvalue weighted by atomic mass is 32.1. The second kappa shape index (κ2) is 10.7. The molecule has 1 N–H and O–H groups in total. The predicted octanol–water partition coefficient (Wildman–Crippen LogP) is 6.41. The summed E-state index contributed by atoms with van der Waals surface area (Å²) in [6.07, 6.45) is 3.56. The molecule has 0 saturated carbocycles. The van der Waals surface area contributed by atoms with Crippen molar-refractivity contribution in [2.75, 3.05) is 4.90 Å². The van der Waals surface area contributed by atoms with Crippen LogP contribution in [0.3, 0.4) is 0 Å². The Labute approximate surface area is 202 Å². The molecule has 0 aliphatic heterocycles. The third-order valence-corrected chi connectivity index (χ3v) is 5.76. The summed E-state index contributed by atoms with van der Waals surface area (Å²) in [5.74, 6) is -1.57. The van der Waals surface area contributed by atoms with Gasteiger partial charge in [-0.05, 0) is 47.7 Å². The second-order valence-corrected chi connectivity index (χ2v) is 9.91. The first-order chi connectivity index (χ1) is 16.0. The molecule has 1 aromatic heterocycles. The van der Waals surface area contributed by atoms with Gasteiger partial charge in [0.2, 0.25) is 11.8 Å². The number of benzene rings is 2. The van der Waals surface area contributed by atoms with Crippen molar-refractivity contribution in [1.82, 2.24) is 10.3 Å². The molecule has 3 rings (SSSR count). The molecule has 8 heteroatoms. The van der Waals surface area contributed by atoms with Crippen molar-refractivity contribution in [3.05, 3.63) is 82.9 Å². The summed E-state index contributed by atoms with van der Waals surface area (Å²) in [7, 11) is 0. The van der Waals surface area contributed by atoms with E-state index in [4.69, 9.17) is 0 Å². The molecule has 0 aliphatic carbocycles. The Bertz CT molecular complexity index is 1180. The van der Waals surface area contributed by atoms with E-state index in [2.05, 4.69) is 31.1 Å². The number of halogens is 2. The number of hydrogen-bond donors (Lipinski definition) is 1. The van der Waals surface area contributed by atoms with E-state index < -0.39 is 5.82 Å². The number of nitrogens with zero attached hydrogens (tertiary/aromatic N) is 2. The maximum atomic E-state index is 14.2. The van der Waals surface area contributed by atoms with Crippen LogP contribution in [0.1, 0.15) is 51.4 Å². The zero-order valence-electron chi connectivity index (χ0n) is 19.5. The van der Waals surface area contributed by atoms with Gasteiger partial charge in [0.15, 0.2) is 5.13 Å². The summed E-state index contributed by atoms with van der Waals surface area (Å²) >= 11 is 1.17. The summed E-state index contributed by atoms with van der Waals surface area (Å²) in [6, 6.07) is 11.8. The standard InChI is InChI=1S/C26H27F2N3O2S/c1-17(32)31(23-8-6-5-7-21(23)28)25-29-20(16-34-25)13-14-24(33)30-22(15-26(2,3)4)18-9-11-19(27)12-10-18/h5-14,16,22H,15H2,1-4H3,(H,30,33). The second-order valence-electron chi connectivity index (χ2n) is 9.07.